The van der Waals surface area contributed by atoms with Crippen molar-refractivity contribution in [3.8, 4) is 0 Å². The number of nitrogens with zero attached hydrogens (tertiary/aromatic N) is 1. The Balaban J connectivity index is 1.62. The van der Waals surface area contributed by atoms with E-state index in [4.69, 9.17) is 16.0 Å². The highest BCUT2D eigenvalue weighted by Crippen LogP contribution is 2.33. The van der Waals surface area contributed by atoms with Crippen LogP contribution in [0.2, 0.25) is 5.02 Å². The number of carbonyl (C=O) groups is 2. The average molecular weight is 409 g/mol. The lowest BCUT2D eigenvalue weighted by atomic mass is 9.82. The molecule has 2 amide bonds. The average Bonchev–Trinajstić information content (AvgIpc) is 3.24. The van der Waals surface area contributed by atoms with E-state index >= 15 is 0 Å². The molecule has 4 rings (SSSR count). The number of carbonyl (C=O) groups excluding carboxylic acids is 2. The summed E-state index contributed by atoms with van der Waals surface area (Å²) < 4.78 is 5.45. The smallest absolute Gasteiger partial charge is 0.255 e. The van der Waals surface area contributed by atoms with Gasteiger partial charge in [-0.2, -0.15) is 0 Å². The summed E-state index contributed by atoms with van der Waals surface area (Å²) in [6, 6.07) is 18.3. The number of nitrogens with one attached hydrogen (secondary N) is 1. The predicted octanol–water partition coefficient (Wildman–Crippen LogP) is 4.21. The van der Waals surface area contributed by atoms with Crippen molar-refractivity contribution in [1.82, 2.24) is 10.2 Å². The molecule has 0 saturated heterocycles. The van der Waals surface area contributed by atoms with Gasteiger partial charge in [-0.1, -0.05) is 41.9 Å². The minimum atomic E-state index is -1.04. The summed E-state index contributed by atoms with van der Waals surface area (Å²) in [5.41, 5.74) is 1.40. The van der Waals surface area contributed by atoms with Crippen LogP contribution < -0.4 is 5.32 Å². The maximum Gasteiger partial charge on any atom is 0.255 e. The van der Waals surface area contributed by atoms with Gasteiger partial charge in [-0.05, 0) is 48.4 Å². The van der Waals surface area contributed by atoms with E-state index in [-0.39, 0.29) is 18.4 Å². The lowest BCUT2D eigenvalue weighted by Gasteiger charge is -2.43. The summed E-state index contributed by atoms with van der Waals surface area (Å²) in [6.45, 7) is 2.39. The first kappa shape index (κ1) is 19.3. The molecule has 0 aliphatic carbocycles. The summed E-state index contributed by atoms with van der Waals surface area (Å²) in [5.74, 6) is 0.253. The Labute approximate surface area is 174 Å². The van der Waals surface area contributed by atoms with E-state index in [0.717, 1.165) is 11.1 Å². The van der Waals surface area contributed by atoms with E-state index in [1.165, 1.54) is 0 Å². The van der Waals surface area contributed by atoms with E-state index < -0.39 is 5.54 Å². The van der Waals surface area contributed by atoms with Crippen LogP contribution in [0.1, 0.15) is 34.2 Å². The Bertz CT molecular complexity index is 1030. The Kier molecular flexibility index (Phi) is 5.16. The maximum atomic E-state index is 13.3. The van der Waals surface area contributed by atoms with Gasteiger partial charge in [0.15, 0.2) is 0 Å². The molecule has 0 fully saturated rings. The van der Waals surface area contributed by atoms with Gasteiger partial charge in [0.2, 0.25) is 5.91 Å². The van der Waals surface area contributed by atoms with Gasteiger partial charge in [-0.15, -0.1) is 0 Å². The Morgan fingerprint density at radius 3 is 2.62 bits per heavy atom. The highest BCUT2D eigenvalue weighted by molar-refractivity contribution is 6.30. The van der Waals surface area contributed by atoms with Crippen molar-refractivity contribution in [2.45, 2.75) is 32.0 Å². The molecule has 1 aliphatic rings. The third-order valence-corrected chi connectivity index (χ3v) is 5.62. The van der Waals surface area contributed by atoms with Crippen LogP contribution in [0, 0.1) is 0 Å². The molecular formula is C23H21ClN2O3. The summed E-state index contributed by atoms with van der Waals surface area (Å²) in [7, 11) is 0. The van der Waals surface area contributed by atoms with Gasteiger partial charge in [-0.25, -0.2) is 0 Å². The normalized spacial score (nSPS) is 18.4. The van der Waals surface area contributed by atoms with Crippen molar-refractivity contribution in [3.05, 3.63) is 94.4 Å². The van der Waals surface area contributed by atoms with Gasteiger partial charge in [-0.3, -0.25) is 9.59 Å². The molecule has 0 saturated carbocycles. The summed E-state index contributed by atoms with van der Waals surface area (Å²) in [4.78, 5) is 28.2. The molecule has 0 unspecified atom stereocenters. The van der Waals surface area contributed by atoms with Crippen molar-refractivity contribution in [3.63, 3.8) is 0 Å². The van der Waals surface area contributed by atoms with Crippen molar-refractivity contribution in [2.75, 3.05) is 0 Å². The molecule has 0 radical (unpaired) electrons. The molecule has 0 spiro atoms. The Morgan fingerprint density at radius 1 is 1.14 bits per heavy atom. The van der Waals surface area contributed by atoms with Crippen molar-refractivity contribution in [1.29, 1.82) is 0 Å². The molecule has 1 aromatic heterocycles. The zero-order chi connectivity index (χ0) is 20.4. The molecule has 0 bridgehead atoms. The monoisotopic (exact) mass is 408 g/mol. The van der Waals surface area contributed by atoms with Crippen LogP contribution in [0.3, 0.4) is 0 Å². The van der Waals surface area contributed by atoms with Crippen LogP contribution in [-0.2, 0) is 24.3 Å². The minimum absolute atomic E-state index is 0.174. The second-order valence-corrected chi connectivity index (χ2v) is 7.82. The largest absolute Gasteiger partial charge is 0.467 e. The quantitative estimate of drug-likeness (QED) is 0.688. The molecule has 2 aromatic carbocycles. The van der Waals surface area contributed by atoms with Crippen molar-refractivity contribution in [2.24, 2.45) is 0 Å². The molecule has 1 atom stereocenters. The number of furan rings is 1. The molecule has 148 valence electrons. The minimum Gasteiger partial charge on any atom is -0.467 e. The fraction of sp³-hybridized carbons (Fsp3) is 0.217. The van der Waals surface area contributed by atoms with Crippen molar-refractivity contribution >= 4 is 23.4 Å². The highest BCUT2D eigenvalue weighted by atomic mass is 35.5. The molecule has 5 nitrogen and oxygen atoms in total. The number of hydrogen-bond acceptors (Lipinski definition) is 3. The summed E-state index contributed by atoms with van der Waals surface area (Å²) in [5, 5.41) is 3.63. The first-order valence-corrected chi connectivity index (χ1v) is 9.80. The van der Waals surface area contributed by atoms with Crippen LogP contribution >= 0.6 is 11.6 Å². The first-order chi connectivity index (χ1) is 14.0. The lowest BCUT2D eigenvalue weighted by Crippen LogP contribution is -2.62. The van der Waals surface area contributed by atoms with Gasteiger partial charge in [0, 0.05) is 23.6 Å². The van der Waals surface area contributed by atoms with Crippen LogP contribution in [0.5, 0.6) is 0 Å². The van der Waals surface area contributed by atoms with E-state index in [2.05, 4.69) is 5.32 Å². The first-order valence-electron chi connectivity index (χ1n) is 9.42. The Hall–Kier alpha value is -3.05. The second-order valence-electron chi connectivity index (χ2n) is 7.39. The van der Waals surface area contributed by atoms with E-state index in [1.807, 2.05) is 30.3 Å². The third-order valence-electron chi connectivity index (χ3n) is 5.37. The third kappa shape index (κ3) is 3.78. The van der Waals surface area contributed by atoms with Crippen LogP contribution in [0.25, 0.3) is 0 Å². The van der Waals surface area contributed by atoms with E-state index in [0.29, 0.717) is 29.3 Å². The Morgan fingerprint density at radius 2 is 1.90 bits per heavy atom. The molecular weight excluding hydrogens is 388 g/mol. The summed E-state index contributed by atoms with van der Waals surface area (Å²) in [6.07, 6.45) is 2.00. The fourth-order valence-electron chi connectivity index (χ4n) is 3.70. The SMILES string of the molecule is C[C@]1(C(=O)NCc2ccc(Cl)cc2)Cc2ccccc2C(=O)N1Cc1ccco1. The van der Waals surface area contributed by atoms with Gasteiger partial charge >= 0.3 is 0 Å². The molecule has 29 heavy (non-hydrogen) atoms. The highest BCUT2D eigenvalue weighted by Gasteiger charge is 2.46. The molecule has 3 aromatic rings. The van der Waals surface area contributed by atoms with E-state index in [9.17, 15) is 9.59 Å². The standard InChI is InChI=1S/C23H21ClN2O3/c1-23(22(28)25-14-16-8-10-18(24)11-9-16)13-17-5-2-3-7-20(17)21(27)26(23)15-19-6-4-12-29-19/h2-12H,13-15H2,1H3,(H,25,28)/t23-/m1/s1. The number of benzene rings is 2. The molecule has 2 heterocycles. The summed E-state index contributed by atoms with van der Waals surface area (Å²) >= 11 is 5.93. The van der Waals surface area contributed by atoms with Crippen molar-refractivity contribution < 1.29 is 14.0 Å². The van der Waals surface area contributed by atoms with Gasteiger partial charge < -0.3 is 14.6 Å². The number of fused-ring (bicyclic) bond motifs is 1. The van der Waals surface area contributed by atoms with Gasteiger partial charge in [0.1, 0.15) is 11.3 Å². The zero-order valence-electron chi connectivity index (χ0n) is 16.0. The molecule has 1 aliphatic heterocycles. The topological polar surface area (TPSA) is 62.6 Å². The fourth-order valence-corrected chi connectivity index (χ4v) is 3.83. The van der Waals surface area contributed by atoms with E-state index in [1.54, 1.807) is 48.4 Å². The van der Waals surface area contributed by atoms with Gasteiger partial charge in [0.25, 0.3) is 5.91 Å². The number of hydrogen-bond donors (Lipinski definition) is 1. The number of rotatable bonds is 5. The number of halogens is 1. The molecule has 6 heteroatoms. The van der Waals surface area contributed by atoms with Crippen LogP contribution in [0.4, 0.5) is 0 Å². The predicted molar refractivity (Wildman–Crippen MR) is 110 cm³/mol. The van der Waals surface area contributed by atoms with Crippen LogP contribution in [0.15, 0.2) is 71.3 Å². The van der Waals surface area contributed by atoms with Crippen LogP contribution in [-0.4, -0.2) is 22.3 Å². The zero-order valence-corrected chi connectivity index (χ0v) is 16.8. The lowest BCUT2D eigenvalue weighted by molar-refractivity contribution is -0.132. The van der Waals surface area contributed by atoms with Gasteiger partial charge in [0.05, 0.1) is 12.8 Å². The second kappa shape index (κ2) is 7.76. The maximum absolute atomic E-state index is 13.3. The molecule has 1 N–H and O–H groups in total. The number of amides is 2.